The van der Waals surface area contributed by atoms with E-state index in [0.29, 0.717) is 0 Å². The third kappa shape index (κ3) is 5.18. The topological polar surface area (TPSA) is 46.6 Å². The van der Waals surface area contributed by atoms with Gasteiger partial charge in [-0.15, -0.1) is 0 Å². The molecule has 25 heavy (non-hydrogen) atoms. The summed E-state index contributed by atoms with van der Waals surface area (Å²) in [5, 5.41) is -0.181. The van der Waals surface area contributed by atoms with E-state index in [2.05, 4.69) is 54.6 Å². The Morgan fingerprint density at radius 3 is 1.64 bits per heavy atom. The standard InChI is InChI=1S/C18H41NO3SSi2/c1-17(2,3)24(7,8)19(16-14-12-11-13-15-16)23(20,21)22-25(9,10)18(4,5)6/h16H,11-15H2,1-10H3. The summed E-state index contributed by atoms with van der Waals surface area (Å²) in [7, 11) is -8.43. The van der Waals surface area contributed by atoms with E-state index in [1.807, 2.05) is 17.1 Å². The van der Waals surface area contributed by atoms with E-state index in [4.69, 9.17) is 3.87 Å². The summed E-state index contributed by atoms with van der Waals surface area (Å²) in [5.74, 6) is 0. The van der Waals surface area contributed by atoms with Crippen molar-refractivity contribution in [3.05, 3.63) is 0 Å². The Kier molecular flexibility index (Phi) is 6.89. The van der Waals surface area contributed by atoms with Gasteiger partial charge in [-0.05, 0) is 36.0 Å². The molecule has 1 rings (SSSR count). The van der Waals surface area contributed by atoms with E-state index >= 15 is 0 Å². The van der Waals surface area contributed by atoms with Gasteiger partial charge in [0.15, 0.2) is 0 Å². The minimum atomic E-state index is -3.75. The van der Waals surface area contributed by atoms with Crippen LogP contribution in [0, 0.1) is 0 Å². The predicted octanol–water partition coefficient (Wildman–Crippen LogP) is 5.89. The van der Waals surface area contributed by atoms with Crippen molar-refractivity contribution in [1.82, 2.24) is 3.97 Å². The lowest BCUT2D eigenvalue weighted by Crippen LogP contribution is -2.63. The van der Waals surface area contributed by atoms with Crippen LogP contribution in [0.1, 0.15) is 73.6 Å². The minimum Gasteiger partial charge on any atom is -0.303 e. The van der Waals surface area contributed by atoms with Gasteiger partial charge in [0.2, 0.25) is 8.32 Å². The quantitative estimate of drug-likeness (QED) is 0.533. The molecule has 0 radical (unpaired) electrons. The average molecular weight is 408 g/mol. The summed E-state index contributed by atoms with van der Waals surface area (Å²) in [6, 6.07) is 0.101. The Bertz CT molecular complexity index is 554. The molecule has 0 N–H and O–H groups in total. The molecule has 1 aliphatic rings. The maximum atomic E-state index is 13.6. The van der Waals surface area contributed by atoms with E-state index in [9.17, 15) is 8.42 Å². The van der Waals surface area contributed by atoms with Crippen LogP contribution in [-0.4, -0.2) is 35.0 Å². The van der Waals surface area contributed by atoms with Crippen LogP contribution >= 0.6 is 0 Å². The summed E-state index contributed by atoms with van der Waals surface area (Å²) in [6.07, 6.45) is 5.38. The van der Waals surface area contributed by atoms with Crippen molar-refractivity contribution >= 4 is 26.9 Å². The zero-order chi connectivity index (χ0) is 19.9. The Hall–Kier alpha value is 0.304. The molecular formula is C18H41NO3SSi2. The molecule has 0 aromatic heterocycles. The summed E-state index contributed by atoms with van der Waals surface area (Å²) >= 11 is 0. The normalized spacial score (nSPS) is 19.5. The van der Waals surface area contributed by atoms with Crippen LogP contribution in [0.2, 0.25) is 36.3 Å². The molecule has 0 heterocycles. The van der Waals surface area contributed by atoms with Gasteiger partial charge in [0.25, 0.3) is 0 Å². The smallest absolute Gasteiger partial charge is 0.303 e. The van der Waals surface area contributed by atoms with Gasteiger partial charge in [-0.1, -0.05) is 73.9 Å². The van der Waals surface area contributed by atoms with Crippen LogP contribution in [0.15, 0.2) is 0 Å². The van der Waals surface area contributed by atoms with E-state index in [-0.39, 0.29) is 16.1 Å². The van der Waals surface area contributed by atoms with Gasteiger partial charge in [-0.25, -0.2) is 0 Å². The van der Waals surface area contributed by atoms with E-state index in [0.717, 1.165) is 25.7 Å². The first-order valence-electron chi connectivity index (χ1n) is 9.69. The largest absolute Gasteiger partial charge is 0.322 e. The van der Waals surface area contributed by atoms with Crippen molar-refractivity contribution in [1.29, 1.82) is 0 Å². The minimum absolute atomic E-state index is 0.0473. The lowest BCUT2D eigenvalue weighted by Gasteiger charge is -2.50. The third-order valence-corrected chi connectivity index (χ3v) is 20.7. The fraction of sp³-hybridized carbons (Fsp3) is 1.00. The predicted molar refractivity (Wildman–Crippen MR) is 113 cm³/mol. The van der Waals surface area contributed by atoms with Gasteiger partial charge < -0.3 is 3.87 Å². The number of rotatable bonds is 5. The number of hydrogen-bond acceptors (Lipinski definition) is 3. The summed E-state index contributed by atoms with van der Waals surface area (Å²) in [6.45, 7) is 21.2. The molecule has 150 valence electrons. The second kappa shape index (κ2) is 7.38. The van der Waals surface area contributed by atoms with E-state index in [1.54, 1.807) is 0 Å². The SMILES string of the molecule is CC(C)(C)[Si](C)(C)OS(=O)(=O)N(C1CCCCC1)[Si](C)(C)C(C)(C)C. The van der Waals surface area contributed by atoms with Crippen LogP contribution in [0.4, 0.5) is 0 Å². The fourth-order valence-electron chi connectivity index (χ4n) is 2.99. The number of hydrogen-bond donors (Lipinski definition) is 0. The molecule has 4 nitrogen and oxygen atoms in total. The van der Waals surface area contributed by atoms with Crippen molar-refractivity contribution in [2.75, 3.05) is 0 Å². The van der Waals surface area contributed by atoms with Crippen molar-refractivity contribution in [2.24, 2.45) is 0 Å². The lowest BCUT2D eigenvalue weighted by molar-refractivity contribution is 0.295. The molecule has 1 fully saturated rings. The zero-order valence-corrected chi connectivity index (χ0v) is 21.0. The summed E-state index contributed by atoms with van der Waals surface area (Å²) in [4.78, 5) is 0. The number of nitrogens with zero attached hydrogens (tertiary/aromatic N) is 1. The van der Waals surface area contributed by atoms with E-state index in [1.165, 1.54) is 6.42 Å². The monoisotopic (exact) mass is 407 g/mol. The van der Waals surface area contributed by atoms with Gasteiger partial charge in [-0.2, -0.15) is 12.4 Å². The van der Waals surface area contributed by atoms with Crippen LogP contribution in [0.3, 0.4) is 0 Å². The Morgan fingerprint density at radius 1 is 0.840 bits per heavy atom. The molecule has 0 aromatic carbocycles. The van der Waals surface area contributed by atoms with Crippen molar-refractivity contribution < 1.29 is 12.3 Å². The van der Waals surface area contributed by atoms with Gasteiger partial charge in [0.05, 0.1) is 0 Å². The molecule has 0 unspecified atom stereocenters. The molecule has 7 heteroatoms. The van der Waals surface area contributed by atoms with Crippen LogP contribution in [-0.2, 0) is 14.2 Å². The molecule has 0 bridgehead atoms. The highest BCUT2D eigenvalue weighted by Crippen LogP contribution is 2.45. The van der Waals surface area contributed by atoms with Crippen LogP contribution in [0.25, 0.3) is 0 Å². The maximum Gasteiger partial charge on any atom is 0.322 e. The highest BCUT2D eigenvalue weighted by atomic mass is 32.2. The zero-order valence-electron chi connectivity index (χ0n) is 18.2. The molecule has 0 aromatic rings. The van der Waals surface area contributed by atoms with E-state index < -0.39 is 26.9 Å². The molecule has 0 aliphatic heterocycles. The molecule has 1 aliphatic carbocycles. The van der Waals surface area contributed by atoms with Crippen molar-refractivity contribution in [2.45, 2.75) is 116 Å². The third-order valence-electron chi connectivity index (χ3n) is 6.65. The molecule has 0 atom stereocenters. The first kappa shape index (κ1) is 23.3. The van der Waals surface area contributed by atoms with Gasteiger partial charge >= 0.3 is 10.3 Å². The maximum absolute atomic E-state index is 13.6. The Morgan fingerprint density at radius 2 is 1.28 bits per heavy atom. The fourth-order valence-corrected chi connectivity index (χ4v) is 12.2. The van der Waals surface area contributed by atoms with Gasteiger partial charge in [0.1, 0.15) is 8.24 Å². The second-order valence-electron chi connectivity index (χ2n) is 10.7. The van der Waals surface area contributed by atoms with Crippen LogP contribution < -0.4 is 0 Å². The summed E-state index contributed by atoms with van der Waals surface area (Å²) in [5.41, 5.74) is 0. The Labute approximate surface area is 159 Å². The molecular weight excluding hydrogens is 366 g/mol. The first-order chi connectivity index (χ1) is 10.9. The molecule has 0 amide bonds. The van der Waals surface area contributed by atoms with Crippen molar-refractivity contribution in [3.63, 3.8) is 0 Å². The first-order valence-corrected chi connectivity index (χ1v) is 16.9. The van der Waals surface area contributed by atoms with Gasteiger partial charge in [-0.3, -0.25) is 0 Å². The average Bonchev–Trinajstić information content (AvgIpc) is 2.35. The van der Waals surface area contributed by atoms with Crippen molar-refractivity contribution in [3.8, 4) is 0 Å². The highest BCUT2D eigenvalue weighted by Gasteiger charge is 2.52. The van der Waals surface area contributed by atoms with Crippen LogP contribution in [0.5, 0.6) is 0 Å². The second-order valence-corrected chi connectivity index (χ2v) is 22.6. The summed E-state index contributed by atoms with van der Waals surface area (Å²) < 4.78 is 35.1. The molecule has 0 saturated heterocycles. The molecule has 1 saturated carbocycles. The van der Waals surface area contributed by atoms with Gasteiger partial charge in [0, 0.05) is 6.04 Å². The molecule has 0 spiro atoms. The highest BCUT2D eigenvalue weighted by molar-refractivity contribution is 7.87. The Balaban J connectivity index is 3.36. The lowest BCUT2D eigenvalue weighted by atomic mass is 9.96.